The third-order valence-corrected chi connectivity index (χ3v) is 7.43. The zero-order valence-corrected chi connectivity index (χ0v) is 13.1. The molecule has 0 radical (unpaired) electrons. The summed E-state index contributed by atoms with van der Waals surface area (Å²) in [6, 6.07) is 15.8. The van der Waals surface area contributed by atoms with Crippen LogP contribution in [0.5, 0.6) is 0 Å². The molecule has 0 nitrogen and oxygen atoms in total. The normalized spacial score (nSPS) is 15.1. The van der Waals surface area contributed by atoms with Crippen LogP contribution in [0.3, 0.4) is 0 Å². The van der Waals surface area contributed by atoms with Crippen molar-refractivity contribution in [3.05, 3.63) is 75.1 Å². The minimum absolute atomic E-state index is 0.581. The minimum atomic E-state index is -0.581. The van der Waals surface area contributed by atoms with Gasteiger partial charge in [-0.05, 0) is 0 Å². The van der Waals surface area contributed by atoms with Crippen LogP contribution in [0.15, 0.2) is 64.0 Å². The fourth-order valence-corrected chi connectivity index (χ4v) is 6.18. The maximum absolute atomic E-state index is 2.37. The summed E-state index contributed by atoms with van der Waals surface area (Å²) < 4.78 is 3.38. The zero-order valence-electron chi connectivity index (χ0n) is 10.7. The Morgan fingerprint density at radius 2 is 1.79 bits per heavy atom. The van der Waals surface area contributed by atoms with E-state index >= 15 is 0 Å². The van der Waals surface area contributed by atoms with Gasteiger partial charge < -0.3 is 0 Å². The second-order valence-electron chi connectivity index (χ2n) is 5.11. The van der Waals surface area contributed by atoms with Crippen molar-refractivity contribution in [3.63, 3.8) is 0 Å². The van der Waals surface area contributed by atoms with Crippen molar-refractivity contribution in [2.45, 2.75) is 12.8 Å². The summed E-state index contributed by atoms with van der Waals surface area (Å²) in [5.74, 6) is 0. The van der Waals surface area contributed by atoms with E-state index < -0.39 is 23.2 Å². The predicted molar refractivity (Wildman–Crippen MR) is 76.2 cm³/mol. The van der Waals surface area contributed by atoms with Crippen molar-refractivity contribution in [2.24, 2.45) is 0 Å². The fraction of sp³-hybridized carbons (Fsp3) is 0.111. The molecule has 1 heteroatoms. The van der Waals surface area contributed by atoms with Gasteiger partial charge in [0.25, 0.3) is 0 Å². The van der Waals surface area contributed by atoms with Crippen LogP contribution in [0, 0.1) is 0 Å². The van der Waals surface area contributed by atoms with E-state index in [1.807, 2.05) is 0 Å². The first-order valence-corrected chi connectivity index (χ1v) is 9.20. The standard InChI is InChI=1S/C13H9.C5H5.Zr/c1-3-7-12-10(5-1)9-11-6-2-4-8-13(11)12;1-2-4-5-3-1;/h1-5,7-8H,9H2;1-3H,4H2;. The Labute approximate surface area is 125 Å². The Morgan fingerprint density at radius 3 is 2.68 bits per heavy atom. The molecule has 0 heterocycles. The summed E-state index contributed by atoms with van der Waals surface area (Å²) in [6.07, 6.45) is 9.18. The SMILES string of the molecule is C1=CC[C]([Zr][c]2cccc3c2Cc2ccccc2-3)=C1. The molecule has 2 aliphatic carbocycles. The third-order valence-electron chi connectivity index (χ3n) is 3.92. The zero-order chi connectivity index (χ0) is 12.7. The summed E-state index contributed by atoms with van der Waals surface area (Å²) in [7, 11) is 0. The van der Waals surface area contributed by atoms with Crippen molar-refractivity contribution < 1.29 is 23.2 Å². The summed E-state index contributed by atoms with van der Waals surface area (Å²) >= 11 is -0.581. The van der Waals surface area contributed by atoms with Crippen LogP contribution in [-0.2, 0) is 29.7 Å². The van der Waals surface area contributed by atoms with Gasteiger partial charge in [0.1, 0.15) is 0 Å². The summed E-state index contributed by atoms with van der Waals surface area (Å²) in [6.45, 7) is 0. The van der Waals surface area contributed by atoms with E-state index in [4.69, 9.17) is 0 Å². The van der Waals surface area contributed by atoms with Crippen LogP contribution < -0.4 is 3.27 Å². The van der Waals surface area contributed by atoms with Crippen LogP contribution >= 0.6 is 0 Å². The van der Waals surface area contributed by atoms with E-state index in [0.29, 0.717) is 0 Å². The van der Waals surface area contributed by atoms with Crippen molar-refractivity contribution in [3.8, 4) is 11.1 Å². The van der Waals surface area contributed by atoms with Gasteiger partial charge in [0.2, 0.25) is 0 Å². The molecular formula is C18H14Zr. The van der Waals surface area contributed by atoms with Gasteiger partial charge in [-0.1, -0.05) is 0 Å². The first kappa shape index (κ1) is 11.6. The first-order valence-electron chi connectivity index (χ1n) is 6.75. The molecule has 90 valence electrons. The van der Waals surface area contributed by atoms with Gasteiger partial charge >= 0.3 is 126 Å². The van der Waals surface area contributed by atoms with Gasteiger partial charge in [0.05, 0.1) is 0 Å². The Morgan fingerprint density at radius 1 is 0.895 bits per heavy atom. The topological polar surface area (TPSA) is 0 Å². The molecule has 4 rings (SSSR count). The Kier molecular flexibility index (Phi) is 2.89. The average molecular weight is 322 g/mol. The number of rotatable bonds is 2. The molecule has 0 aromatic heterocycles. The Hall–Kier alpha value is -1.20. The Bertz CT molecular complexity index is 707. The van der Waals surface area contributed by atoms with E-state index in [-0.39, 0.29) is 0 Å². The summed E-state index contributed by atoms with van der Waals surface area (Å²) in [5.41, 5.74) is 6.06. The molecule has 0 unspecified atom stereocenters. The molecule has 0 atom stereocenters. The molecule has 2 aliphatic rings. The van der Waals surface area contributed by atoms with E-state index in [1.165, 1.54) is 23.1 Å². The molecule has 0 saturated heterocycles. The molecule has 0 bridgehead atoms. The molecule has 0 aliphatic heterocycles. The van der Waals surface area contributed by atoms with Gasteiger partial charge in [-0.25, -0.2) is 0 Å². The van der Waals surface area contributed by atoms with E-state index in [0.717, 1.165) is 6.42 Å². The number of hydrogen-bond acceptors (Lipinski definition) is 0. The van der Waals surface area contributed by atoms with Gasteiger partial charge in [0.15, 0.2) is 0 Å². The van der Waals surface area contributed by atoms with Crippen molar-refractivity contribution >= 4 is 3.27 Å². The first-order chi connectivity index (χ1) is 9.42. The van der Waals surface area contributed by atoms with Crippen molar-refractivity contribution in [1.82, 2.24) is 0 Å². The van der Waals surface area contributed by atoms with Gasteiger partial charge in [-0.15, -0.1) is 0 Å². The summed E-state index contributed by atoms with van der Waals surface area (Å²) in [5, 5.41) is 0. The second-order valence-corrected chi connectivity index (χ2v) is 8.63. The monoisotopic (exact) mass is 320 g/mol. The number of benzene rings is 2. The second kappa shape index (κ2) is 4.72. The van der Waals surface area contributed by atoms with Crippen LogP contribution in [-0.4, -0.2) is 0 Å². The molecule has 0 amide bonds. The Balaban J connectivity index is 1.76. The van der Waals surface area contributed by atoms with Crippen LogP contribution in [0.4, 0.5) is 0 Å². The molecule has 0 fully saturated rings. The predicted octanol–water partition coefficient (Wildman–Crippen LogP) is 3.81. The molecule has 19 heavy (non-hydrogen) atoms. The molecule has 0 N–H and O–H groups in total. The molecule has 2 aromatic rings. The maximum atomic E-state index is 2.37. The number of fused-ring (bicyclic) bond motifs is 3. The van der Waals surface area contributed by atoms with E-state index in [1.54, 1.807) is 12.1 Å². The molecule has 0 saturated carbocycles. The van der Waals surface area contributed by atoms with Crippen molar-refractivity contribution in [2.75, 3.05) is 0 Å². The molecule has 0 spiro atoms. The average Bonchev–Trinajstić information content (AvgIpc) is 3.06. The van der Waals surface area contributed by atoms with Gasteiger partial charge in [-0.3, -0.25) is 0 Å². The van der Waals surface area contributed by atoms with Gasteiger partial charge in [-0.2, -0.15) is 0 Å². The number of hydrogen-bond donors (Lipinski definition) is 0. The third kappa shape index (κ3) is 2.01. The van der Waals surface area contributed by atoms with Gasteiger partial charge in [0, 0.05) is 0 Å². The molecular weight excluding hydrogens is 307 g/mol. The van der Waals surface area contributed by atoms with Crippen molar-refractivity contribution in [1.29, 1.82) is 0 Å². The van der Waals surface area contributed by atoms with Crippen LogP contribution in [0.2, 0.25) is 0 Å². The van der Waals surface area contributed by atoms with E-state index in [9.17, 15) is 0 Å². The number of allylic oxidation sites excluding steroid dienone is 4. The van der Waals surface area contributed by atoms with E-state index in [2.05, 4.69) is 60.7 Å². The summed E-state index contributed by atoms with van der Waals surface area (Å²) in [4.78, 5) is 0. The quantitative estimate of drug-likeness (QED) is 0.673. The van der Waals surface area contributed by atoms with Crippen LogP contribution in [0.1, 0.15) is 17.5 Å². The molecule has 2 aromatic carbocycles. The fourth-order valence-electron chi connectivity index (χ4n) is 2.99. The van der Waals surface area contributed by atoms with Crippen LogP contribution in [0.25, 0.3) is 11.1 Å².